The fraction of sp³-hybridized carbons (Fsp3) is 0.0476. The molecule has 0 unspecified atom stereocenters. The predicted molar refractivity (Wildman–Crippen MR) is 110 cm³/mol. The smallest absolute Gasteiger partial charge is 0.269 e. The van der Waals surface area contributed by atoms with E-state index < -0.39 is 10.0 Å². The first-order valence-electron chi connectivity index (χ1n) is 8.51. The van der Waals surface area contributed by atoms with E-state index in [4.69, 9.17) is 0 Å². The van der Waals surface area contributed by atoms with Crippen LogP contribution in [0, 0.1) is 0 Å². The van der Waals surface area contributed by atoms with Crippen LogP contribution in [0.15, 0.2) is 94.9 Å². The zero-order valence-electron chi connectivity index (χ0n) is 15.2. The molecule has 3 aromatic carbocycles. The Balaban J connectivity index is 1.69. The number of sulfonamides is 1. The second-order valence-corrected chi connectivity index (χ2v) is 7.91. The van der Waals surface area contributed by atoms with Crippen molar-refractivity contribution < 1.29 is 13.2 Å². The van der Waals surface area contributed by atoms with Gasteiger partial charge in [0.05, 0.1) is 16.8 Å². The van der Waals surface area contributed by atoms with Gasteiger partial charge in [0.25, 0.3) is 15.9 Å². The fourth-order valence-electron chi connectivity index (χ4n) is 2.48. The van der Waals surface area contributed by atoms with Crippen molar-refractivity contribution >= 4 is 27.8 Å². The molecule has 142 valence electrons. The van der Waals surface area contributed by atoms with E-state index in [1.54, 1.807) is 60.8 Å². The number of benzene rings is 3. The summed E-state index contributed by atoms with van der Waals surface area (Å²) in [6, 6.07) is 23.8. The Morgan fingerprint density at radius 3 is 2.07 bits per heavy atom. The molecule has 0 fully saturated rings. The maximum Gasteiger partial charge on any atom is 0.271 e. The lowest BCUT2D eigenvalue weighted by atomic mass is 10.2. The number of nitrogens with zero attached hydrogens (tertiary/aromatic N) is 2. The second kappa shape index (κ2) is 8.49. The molecule has 0 aliphatic carbocycles. The molecule has 3 aromatic rings. The number of hydrazone groups is 1. The monoisotopic (exact) mass is 393 g/mol. The molecule has 0 atom stereocenters. The summed E-state index contributed by atoms with van der Waals surface area (Å²) >= 11 is 0. The molecule has 0 bridgehead atoms. The van der Waals surface area contributed by atoms with E-state index in [0.717, 1.165) is 5.56 Å². The molecule has 3 rings (SSSR count). The summed E-state index contributed by atoms with van der Waals surface area (Å²) in [5.74, 6) is -0.382. The third-order valence-electron chi connectivity index (χ3n) is 4.07. The highest BCUT2D eigenvalue weighted by molar-refractivity contribution is 7.92. The van der Waals surface area contributed by atoms with Gasteiger partial charge in [-0.15, -0.1) is 0 Å². The van der Waals surface area contributed by atoms with Crippen LogP contribution in [-0.4, -0.2) is 27.6 Å². The van der Waals surface area contributed by atoms with Crippen LogP contribution >= 0.6 is 0 Å². The maximum absolute atomic E-state index is 12.7. The van der Waals surface area contributed by atoms with E-state index in [9.17, 15) is 13.2 Å². The van der Waals surface area contributed by atoms with Crippen molar-refractivity contribution in [3.8, 4) is 0 Å². The minimum Gasteiger partial charge on any atom is -0.269 e. The predicted octanol–water partition coefficient (Wildman–Crippen LogP) is 3.28. The van der Waals surface area contributed by atoms with Gasteiger partial charge in [0.2, 0.25) is 0 Å². The van der Waals surface area contributed by atoms with Crippen molar-refractivity contribution in [2.45, 2.75) is 4.90 Å². The Hall–Kier alpha value is -3.45. The second-order valence-electron chi connectivity index (χ2n) is 5.94. The molecule has 0 saturated heterocycles. The van der Waals surface area contributed by atoms with Gasteiger partial charge in [0.1, 0.15) is 0 Å². The third-order valence-corrected chi connectivity index (χ3v) is 5.87. The lowest BCUT2D eigenvalue weighted by Gasteiger charge is -2.19. The first-order valence-corrected chi connectivity index (χ1v) is 9.95. The van der Waals surface area contributed by atoms with Gasteiger partial charge in [-0.2, -0.15) is 5.10 Å². The van der Waals surface area contributed by atoms with Crippen LogP contribution in [0.5, 0.6) is 0 Å². The van der Waals surface area contributed by atoms with Gasteiger partial charge >= 0.3 is 0 Å². The zero-order valence-corrected chi connectivity index (χ0v) is 16.0. The molecule has 1 N–H and O–H groups in total. The van der Waals surface area contributed by atoms with Gasteiger partial charge in [0, 0.05) is 12.6 Å². The van der Waals surface area contributed by atoms with E-state index in [1.165, 1.54) is 11.4 Å². The number of amides is 1. The van der Waals surface area contributed by atoms with Gasteiger partial charge in [-0.1, -0.05) is 48.5 Å². The van der Waals surface area contributed by atoms with Crippen LogP contribution in [0.3, 0.4) is 0 Å². The van der Waals surface area contributed by atoms with E-state index in [0.29, 0.717) is 11.3 Å². The number of anilines is 1. The lowest BCUT2D eigenvalue weighted by molar-refractivity contribution is 0.0955. The quantitative estimate of drug-likeness (QED) is 0.516. The summed E-state index contributed by atoms with van der Waals surface area (Å²) in [7, 11) is -2.19. The highest BCUT2D eigenvalue weighted by atomic mass is 32.2. The minimum atomic E-state index is -3.66. The fourth-order valence-corrected chi connectivity index (χ4v) is 3.70. The molecule has 0 spiro atoms. The maximum atomic E-state index is 12.7. The molecule has 0 aromatic heterocycles. The van der Waals surface area contributed by atoms with Crippen LogP contribution in [-0.2, 0) is 10.0 Å². The summed E-state index contributed by atoms with van der Waals surface area (Å²) in [6.45, 7) is 0. The topological polar surface area (TPSA) is 78.8 Å². The lowest BCUT2D eigenvalue weighted by Crippen LogP contribution is -2.26. The van der Waals surface area contributed by atoms with Crippen molar-refractivity contribution in [1.29, 1.82) is 0 Å². The molecule has 6 nitrogen and oxygen atoms in total. The molecule has 0 aliphatic heterocycles. The Morgan fingerprint density at radius 1 is 0.893 bits per heavy atom. The summed E-state index contributed by atoms with van der Waals surface area (Å²) < 4.78 is 26.5. The standard InChI is InChI=1S/C21H19N3O3S/c1-24(28(26,27)20-10-6-3-7-11-20)19-14-12-18(13-15-19)21(25)23-22-16-17-8-4-2-5-9-17/h2-16H,1H3,(H,23,25). The first-order chi connectivity index (χ1) is 13.5. The van der Waals surface area contributed by atoms with E-state index >= 15 is 0 Å². The number of nitrogens with one attached hydrogen (secondary N) is 1. The number of hydrogen-bond donors (Lipinski definition) is 1. The van der Waals surface area contributed by atoms with Crippen LogP contribution in [0.1, 0.15) is 15.9 Å². The average Bonchev–Trinajstić information content (AvgIpc) is 2.74. The van der Waals surface area contributed by atoms with Crippen molar-refractivity contribution in [2.75, 3.05) is 11.4 Å². The zero-order chi connectivity index (χ0) is 20.0. The van der Waals surface area contributed by atoms with Gasteiger partial charge in [-0.3, -0.25) is 9.10 Å². The van der Waals surface area contributed by atoms with Crippen LogP contribution in [0.25, 0.3) is 0 Å². The molecule has 0 aliphatic rings. The molecule has 0 heterocycles. The highest BCUT2D eigenvalue weighted by Gasteiger charge is 2.21. The Labute approximate surface area is 164 Å². The average molecular weight is 393 g/mol. The number of carbonyl (C=O) groups excluding carboxylic acids is 1. The molecule has 28 heavy (non-hydrogen) atoms. The van der Waals surface area contributed by atoms with Crippen LogP contribution < -0.4 is 9.73 Å². The number of rotatable bonds is 6. The van der Waals surface area contributed by atoms with Crippen molar-refractivity contribution in [1.82, 2.24) is 5.43 Å². The highest BCUT2D eigenvalue weighted by Crippen LogP contribution is 2.22. The molecular formula is C21H19N3O3S. The van der Waals surface area contributed by atoms with Crippen molar-refractivity contribution in [2.24, 2.45) is 5.10 Å². The minimum absolute atomic E-state index is 0.203. The molecular weight excluding hydrogens is 374 g/mol. The Kier molecular flexibility index (Phi) is 5.86. The van der Waals surface area contributed by atoms with E-state index in [1.807, 2.05) is 30.3 Å². The SMILES string of the molecule is CN(c1ccc(C(=O)NN=Cc2ccccc2)cc1)S(=O)(=O)c1ccccc1. The van der Waals surface area contributed by atoms with E-state index in [-0.39, 0.29) is 10.8 Å². The first kappa shape index (κ1) is 19.3. The van der Waals surface area contributed by atoms with Crippen molar-refractivity contribution in [3.63, 3.8) is 0 Å². The Bertz CT molecular complexity index is 1060. The number of hydrogen-bond acceptors (Lipinski definition) is 4. The van der Waals surface area contributed by atoms with Gasteiger partial charge in [-0.25, -0.2) is 13.8 Å². The summed E-state index contributed by atoms with van der Waals surface area (Å²) in [5, 5.41) is 3.92. The Morgan fingerprint density at radius 2 is 1.46 bits per heavy atom. The summed E-state index contributed by atoms with van der Waals surface area (Å²) in [6.07, 6.45) is 1.55. The molecule has 0 saturated carbocycles. The van der Waals surface area contributed by atoms with Crippen molar-refractivity contribution in [3.05, 3.63) is 96.1 Å². The normalized spacial score (nSPS) is 11.3. The summed E-state index contributed by atoms with van der Waals surface area (Å²) in [4.78, 5) is 12.4. The molecule has 7 heteroatoms. The van der Waals surface area contributed by atoms with Crippen LogP contribution in [0.4, 0.5) is 5.69 Å². The van der Waals surface area contributed by atoms with Gasteiger partial charge in [0.15, 0.2) is 0 Å². The molecule has 1 amide bonds. The third kappa shape index (κ3) is 4.44. The molecule has 0 radical (unpaired) electrons. The van der Waals surface area contributed by atoms with Gasteiger partial charge < -0.3 is 0 Å². The van der Waals surface area contributed by atoms with E-state index in [2.05, 4.69) is 10.5 Å². The summed E-state index contributed by atoms with van der Waals surface area (Å²) in [5.41, 5.74) is 4.14. The largest absolute Gasteiger partial charge is 0.271 e. The number of carbonyl (C=O) groups is 1. The van der Waals surface area contributed by atoms with Crippen LogP contribution in [0.2, 0.25) is 0 Å². The van der Waals surface area contributed by atoms with Gasteiger partial charge in [-0.05, 0) is 42.0 Å².